The lowest BCUT2D eigenvalue weighted by molar-refractivity contribution is -0.176. The molecular weight excluding hydrogens is 319 g/mol. The maximum absolute atomic E-state index is 12.2. The van der Waals surface area contributed by atoms with E-state index in [0.717, 1.165) is 5.56 Å². The predicted molar refractivity (Wildman–Crippen MR) is 84.5 cm³/mol. The van der Waals surface area contributed by atoms with Gasteiger partial charge in [-0.15, -0.1) is 0 Å². The third kappa shape index (κ3) is 5.70. The van der Waals surface area contributed by atoms with E-state index in [1.807, 2.05) is 37.3 Å². The van der Waals surface area contributed by atoms with Crippen LogP contribution in [0, 0.1) is 0 Å². The molecule has 0 bridgehead atoms. The van der Waals surface area contributed by atoms with Crippen LogP contribution in [0.5, 0.6) is 0 Å². The lowest BCUT2D eigenvalue weighted by Crippen LogP contribution is -2.26. The molecule has 128 valence electrons. The Morgan fingerprint density at radius 2 is 1.71 bits per heavy atom. The number of hydrogen-bond donors (Lipinski definition) is 1. The summed E-state index contributed by atoms with van der Waals surface area (Å²) in [5.41, 5.74) is 2.01. The van der Waals surface area contributed by atoms with Crippen molar-refractivity contribution in [2.45, 2.75) is 25.7 Å². The van der Waals surface area contributed by atoms with Gasteiger partial charge in [0, 0.05) is 5.56 Å². The number of rotatable bonds is 6. The van der Waals surface area contributed by atoms with E-state index in [2.05, 4.69) is 10.1 Å². The molecule has 0 radical (unpaired) electrons. The molecule has 2 rings (SSSR count). The van der Waals surface area contributed by atoms with Gasteiger partial charge in [0.15, 0.2) is 0 Å². The van der Waals surface area contributed by atoms with Crippen LogP contribution < -0.4 is 5.32 Å². The van der Waals surface area contributed by atoms with Gasteiger partial charge < -0.3 is 10.1 Å². The zero-order chi connectivity index (χ0) is 17.6. The van der Waals surface area contributed by atoms with Crippen molar-refractivity contribution < 1.29 is 22.7 Å². The van der Waals surface area contributed by atoms with Crippen LogP contribution in [0.15, 0.2) is 54.6 Å². The molecule has 0 fully saturated rings. The molecule has 0 saturated heterocycles. The minimum absolute atomic E-state index is 0.145. The molecule has 6 heteroatoms. The molecule has 24 heavy (non-hydrogen) atoms. The highest BCUT2D eigenvalue weighted by atomic mass is 19.4. The Morgan fingerprint density at radius 1 is 1.08 bits per heavy atom. The maximum Gasteiger partial charge on any atom is 0.411 e. The van der Waals surface area contributed by atoms with Crippen LogP contribution in [-0.2, 0) is 11.3 Å². The van der Waals surface area contributed by atoms with E-state index in [4.69, 9.17) is 0 Å². The summed E-state index contributed by atoms with van der Waals surface area (Å²) in [6, 6.07) is 15.7. The lowest BCUT2D eigenvalue weighted by Gasteiger charge is -2.14. The van der Waals surface area contributed by atoms with E-state index in [-0.39, 0.29) is 18.6 Å². The van der Waals surface area contributed by atoms with Gasteiger partial charge >= 0.3 is 6.18 Å². The quantitative estimate of drug-likeness (QED) is 0.855. The average Bonchev–Trinajstić information content (AvgIpc) is 2.55. The number of nitrogens with one attached hydrogen (secondary N) is 1. The van der Waals surface area contributed by atoms with Gasteiger partial charge in [-0.1, -0.05) is 42.5 Å². The molecule has 1 N–H and O–H groups in total. The van der Waals surface area contributed by atoms with E-state index in [9.17, 15) is 18.0 Å². The first-order chi connectivity index (χ1) is 11.3. The van der Waals surface area contributed by atoms with E-state index in [0.29, 0.717) is 11.1 Å². The van der Waals surface area contributed by atoms with Gasteiger partial charge in [-0.05, 0) is 30.2 Å². The number of carbonyl (C=O) groups is 1. The van der Waals surface area contributed by atoms with Crippen molar-refractivity contribution in [3.63, 3.8) is 0 Å². The molecule has 1 atom stereocenters. The van der Waals surface area contributed by atoms with E-state index >= 15 is 0 Å². The second-order valence-corrected chi connectivity index (χ2v) is 5.41. The fourth-order valence-corrected chi connectivity index (χ4v) is 2.14. The number of carbonyl (C=O) groups excluding carboxylic acids is 1. The normalized spacial score (nSPS) is 12.7. The Balaban J connectivity index is 1.89. The summed E-state index contributed by atoms with van der Waals surface area (Å²) in [6.45, 7) is 0.443. The minimum atomic E-state index is -4.34. The number of alkyl halides is 3. The molecule has 0 saturated carbocycles. The van der Waals surface area contributed by atoms with Gasteiger partial charge in [0.2, 0.25) is 0 Å². The van der Waals surface area contributed by atoms with Crippen LogP contribution >= 0.6 is 0 Å². The Bertz CT molecular complexity index is 654. The van der Waals surface area contributed by atoms with E-state index in [1.54, 1.807) is 24.3 Å². The van der Waals surface area contributed by atoms with Crippen LogP contribution in [0.3, 0.4) is 0 Å². The van der Waals surface area contributed by atoms with Crippen molar-refractivity contribution in [2.24, 2.45) is 0 Å². The summed E-state index contributed by atoms with van der Waals surface area (Å²) in [5.74, 6) is -0.242. The molecule has 2 aromatic carbocycles. The largest absolute Gasteiger partial charge is 0.411 e. The summed E-state index contributed by atoms with van der Waals surface area (Å²) in [6.07, 6.45) is -4.34. The van der Waals surface area contributed by atoms with Crippen LogP contribution in [0.1, 0.15) is 34.5 Å². The lowest BCUT2D eigenvalue weighted by atomic mass is 10.1. The third-order valence-corrected chi connectivity index (χ3v) is 3.40. The summed E-state index contributed by atoms with van der Waals surface area (Å²) < 4.78 is 40.6. The zero-order valence-electron chi connectivity index (χ0n) is 13.1. The Hall–Kier alpha value is -2.34. The molecule has 0 spiro atoms. The van der Waals surface area contributed by atoms with Gasteiger partial charge in [-0.3, -0.25) is 4.79 Å². The SMILES string of the molecule is CC(NC(=O)c1ccc(COCC(F)(F)F)cc1)c1ccccc1. The van der Waals surface area contributed by atoms with Gasteiger partial charge in [0.25, 0.3) is 5.91 Å². The monoisotopic (exact) mass is 337 g/mol. The molecule has 0 aliphatic rings. The van der Waals surface area contributed by atoms with Crippen LogP contribution in [-0.4, -0.2) is 18.7 Å². The fourth-order valence-electron chi connectivity index (χ4n) is 2.14. The smallest absolute Gasteiger partial charge is 0.367 e. The number of ether oxygens (including phenoxy) is 1. The molecule has 0 aliphatic carbocycles. The van der Waals surface area contributed by atoms with Crippen molar-refractivity contribution >= 4 is 5.91 Å². The fraction of sp³-hybridized carbons (Fsp3) is 0.278. The average molecular weight is 337 g/mol. The van der Waals surface area contributed by atoms with Gasteiger partial charge in [0.1, 0.15) is 6.61 Å². The minimum Gasteiger partial charge on any atom is -0.367 e. The summed E-state index contributed by atoms with van der Waals surface area (Å²) in [7, 11) is 0. The van der Waals surface area contributed by atoms with Gasteiger partial charge in [0.05, 0.1) is 12.6 Å². The third-order valence-electron chi connectivity index (χ3n) is 3.40. The molecule has 1 unspecified atom stereocenters. The zero-order valence-corrected chi connectivity index (χ0v) is 13.1. The van der Waals surface area contributed by atoms with Crippen molar-refractivity contribution in [1.82, 2.24) is 5.32 Å². The highest BCUT2D eigenvalue weighted by molar-refractivity contribution is 5.94. The summed E-state index contributed by atoms with van der Waals surface area (Å²) in [5, 5.41) is 2.88. The first-order valence-electron chi connectivity index (χ1n) is 7.44. The molecule has 3 nitrogen and oxygen atoms in total. The highest BCUT2D eigenvalue weighted by Gasteiger charge is 2.27. The van der Waals surface area contributed by atoms with Crippen LogP contribution in [0.25, 0.3) is 0 Å². The maximum atomic E-state index is 12.2. The molecule has 2 aromatic rings. The van der Waals surface area contributed by atoms with Gasteiger partial charge in [-0.25, -0.2) is 0 Å². The Labute approximate surface area is 138 Å². The standard InChI is InChI=1S/C18H18F3NO2/c1-13(15-5-3-2-4-6-15)22-17(23)16-9-7-14(8-10-16)11-24-12-18(19,20)21/h2-10,13H,11-12H2,1H3,(H,22,23). The highest BCUT2D eigenvalue weighted by Crippen LogP contribution is 2.16. The first kappa shape index (κ1) is 18.0. The number of benzene rings is 2. The first-order valence-corrected chi connectivity index (χ1v) is 7.44. The van der Waals surface area contributed by atoms with Crippen molar-refractivity contribution in [1.29, 1.82) is 0 Å². The van der Waals surface area contributed by atoms with E-state index < -0.39 is 12.8 Å². The number of amides is 1. The van der Waals surface area contributed by atoms with E-state index in [1.165, 1.54) is 0 Å². The topological polar surface area (TPSA) is 38.3 Å². The summed E-state index contributed by atoms with van der Waals surface area (Å²) >= 11 is 0. The van der Waals surface area contributed by atoms with Crippen molar-refractivity contribution in [2.75, 3.05) is 6.61 Å². The Kier molecular flexibility index (Phi) is 5.98. The predicted octanol–water partition coefficient (Wildman–Crippen LogP) is 4.26. The van der Waals surface area contributed by atoms with Crippen LogP contribution in [0.4, 0.5) is 13.2 Å². The van der Waals surface area contributed by atoms with Gasteiger partial charge in [-0.2, -0.15) is 13.2 Å². The number of halogens is 3. The van der Waals surface area contributed by atoms with Crippen molar-refractivity contribution in [3.8, 4) is 0 Å². The number of hydrogen-bond acceptors (Lipinski definition) is 2. The molecule has 0 heterocycles. The van der Waals surface area contributed by atoms with Crippen molar-refractivity contribution in [3.05, 3.63) is 71.3 Å². The second-order valence-electron chi connectivity index (χ2n) is 5.41. The molecular formula is C18H18F3NO2. The molecule has 0 aromatic heterocycles. The Morgan fingerprint density at radius 3 is 2.29 bits per heavy atom. The van der Waals surface area contributed by atoms with Crippen LogP contribution in [0.2, 0.25) is 0 Å². The molecule has 1 amide bonds. The second kappa shape index (κ2) is 7.97. The summed E-state index contributed by atoms with van der Waals surface area (Å²) in [4.78, 5) is 12.2. The molecule has 0 aliphatic heterocycles.